The highest BCUT2D eigenvalue weighted by Crippen LogP contribution is 2.28. The zero-order valence-electron chi connectivity index (χ0n) is 19.4. The molecule has 9 heteroatoms. The lowest BCUT2D eigenvalue weighted by atomic mass is 9.90. The normalized spacial score (nSPS) is 20.7. The number of hydrogen-bond donors (Lipinski definition) is 2. The molecule has 3 aliphatic rings. The Labute approximate surface area is 205 Å². The maximum absolute atomic E-state index is 13.2. The number of β-amino-alcohol motifs (C(OH)–C–C–N with tert-alkyl or cyclic N) is 1. The maximum atomic E-state index is 13.2. The molecule has 2 fully saturated rings. The Morgan fingerprint density at radius 1 is 1.09 bits per heavy atom. The van der Waals surface area contributed by atoms with Crippen molar-refractivity contribution in [3.8, 4) is 0 Å². The quantitative estimate of drug-likeness (QED) is 0.680. The van der Waals surface area contributed by atoms with Crippen LogP contribution in [0, 0.1) is 0 Å². The number of hydrogen-bond acceptors (Lipinski definition) is 5. The van der Waals surface area contributed by atoms with E-state index in [9.17, 15) is 14.7 Å². The lowest BCUT2D eigenvalue weighted by Crippen LogP contribution is -2.56. The van der Waals surface area contributed by atoms with Crippen LogP contribution < -0.4 is 5.43 Å². The third kappa shape index (κ3) is 4.80. The van der Waals surface area contributed by atoms with Crippen molar-refractivity contribution in [2.75, 3.05) is 44.8 Å². The summed E-state index contributed by atoms with van der Waals surface area (Å²) in [5.41, 5.74) is 4.31. The van der Waals surface area contributed by atoms with Gasteiger partial charge in [-0.1, -0.05) is 24.1 Å². The zero-order chi connectivity index (χ0) is 23.7. The Morgan fingerprint density at radius 2 is 1.85 bits per heavy atom. The molecule has 2 amide bonds. The highest BCUT2D eigenvalue weighted by molar-refractivity contribution is 6.33. The molecular formula is C25H32ClN5O3. The molecule has 2 aromatic rings. The number of carbonyl (C=O) groups is 2. The molecular weight excluding hydrogens is 454 g/mol. The van der Waals surface area contributed by atoms with Crippen LogP contribution in [-0.4, -0.2) is 81.3 Å². The average Bonchev–Trinajstić information content (AvgIpc) is 3.32. The number of nitrogens with zero attached hydrogens (tertiary/aromatic N) is 4. The molecule has 8 nitrogen and oxygen atoms in total. The minimum Gasteiger partial charge on any atom is -0.388 e. The predicted octanol–water partition coefficient (Wildman–Crippen LogP) is 2.75. The Kier molecular flexibility index (Phi) is 6.55. The number of benzene rings is 1. The van der Waals surface area contributed by atoms with E-state index in [0.29, 0.717) is 48.9 Å². The minimum atomic E-state index is -1.02. The molecule has 0 radical (unpaired) electrons. The maximum Gasteiger partial charge on any atom is 0.273 e. The van der Waals surface area contributed by atoms with E-state index >= 15 is 0 Å². The monoisotopic (exact) mass is 485 g/mol. The number of rotatable bonds is 5. The fourth-order valence-electron chi connectivity index (χ4n) is 5.23. The fourth-order valence-corrected chi connectivity index (χ4v) is 5.52. The summed E-state index contributed by atoms with van der Waals surface area (Å²) in [4.78, 5) is 31.7. The summed E-state index contributed by atoms with van der Waals surface area (Å²) < 4.78 is 1.70. The third-order valence-electron chi connectivity index (χ3n) is 7.27. The molecule has 1 aromatic heterocycles. The van der Waals surface area contributed by atoms with Gasteiger partial charge in [0.05, 0.1) is 22.7 Å². The van der Waals surface area contributed by atoms with E-state index in [-0.39, 0.29) is 18.4 Å². The van der Waals surface area contributed by atoms with E-state index < -0.39 is 5.60 Å². The van der Waals surface area contributed by atoms with Gasteiger partial charge < -0.3 is 20.3 Å². The average molecular weight is 486 g/mol. The summed E-state index contributed by atoms with van der Waals surface area (Å²) in [7, 11) is 0. The number of carbonyl (C=O) groups excluding carboxylic acids is 2. The van der Waals surface area contributed by atoms with Gasteiger partial charge in [0.25, 0.3) is 11.8 Å². The van der Waals surface area contributed by atoms with Crippen LogP contribution in [0.1, 0.15) is 58.5 Å². The van der Waals surface area contributed by atoms with E-state index in [0.717, 1.165) is 25.2 Å². The Hall–Kier alpha value is -2.55. The summed E-state index contributed by atoms with van der Waals surface area (Å²) >= 11 is 6.53. The molecule has 4 heterocycles. The van der Waals surface area contributed by atoms with Gasteiger partial charge >= 0.3 is 0 Å². The molecule has 1 aromatic carbocycles. The van der Waals surface area contributed by atoms with E-state index in [1.807, 2.05) is 24.3 Å². The first-order valence-electron chi connectivity index (χ1n) is 12.1. The second kappa shape index (κ2) is 9.60. The molecule has 0 aliphatic carbocycles. The van der Waals surface area contributed by atoms with Crippen molar-refractivity contribution >= 4 is 23.4 Å². The zero-order valence-corrected chi connectivity index (χ0v) is 20.1. The second-order valence-corrected chi connectivity index (χ2v) is 10.2. The van der Waals surface area contributed by atoms with Crippen LogP contribution in [0.5, 0.6) is 0 Å². The van der Waals surface area contributed by atoms with Gasteiger partial charge in [-0.25, -0.2) is 0 Å². The van der Waals surface area contributed by atoms with Crippen LogP contribution in [0.15, 0.2) is 36.5 Å². The number of aromatic nitrogens is 1. The largest absolute Gasteiger partial charge is 0.388 e. The van der Waals surface area contributed by atoms with Crippen LogP contribution in [-0.2, 0) is 6.54 Å². The van der Waals surface area contributed by atoms with Crippen LogP contribution in [0.25, 0.3) is 0 Å². The number of nitrogens with one attached hydrogen (secondary N) is 1. The van der Waals surface area contributed by atoms with Gasteiger partial charge in [0.2, 0.25) is 0 Å². The van der Waals surface area contributed by atoms with Crippen molar-refractivity contribution in [2.24, 2.45) is 0 Å². The lowest BCUT2D eigenvalue weighted by Gasteiger charge is -2.42. The van der Waals surface area contributed by atoms with Gasteiger partial charge in [0, 0.05) is 25.8 Å². The summed E-state index contributed by atoms with van der Waals surface area (Å²) in [5.74, 6) is -0.211. The third-order valence-corrected chi connectivity index (χ3v) is 7.59. The first-order chi connectivity index (χ1) is 16.4. The molecule has 2 N–H and O–H groups in total. The summed E-state index contributed by atoms with van der Waals surface area (Å²) in [5, 5.41) is 11.6. The Bertz CT molecular complexity index is 1060. The van der Waals surface area contributed by atoms with Gasteiger partial charge in [0.15, 0.2) is 0 Å². The van der Waals surface area contributed by atoms with Crippen LogP contribution in [0.3, 0.4) is 0 Å². The van der Waals surface area contributed by atoms with Crippen molar-refractivity contribution in [1.82, 2.24) is 19.4 Å². The first kappa shape index (κ1) is 23.2. The van der Waals surface area contributed by atoms with E-state index in [2.05, 4.69) is 10.3 Å². The van der Waals surface area contributed by atoms with Gasteiger partial charge in [0.1, 0.15) is 12.4 Å². The SMILES string of the molecule is O=C(c1ccc(CN2CCCCC2)cc1Cl)N1CCC(O)(CN2CNn3cccc3C2=O)CC1. The van der Waals surface area contributed by atoms with Crippen molar-refractivity contribution in [2.45, 2.75) is 44.2 Å². The molecule has 0 bridgehead atoms. The van der Waals surface area contributed by atoms with Crippen molar-refractivity contribution in [3.63, 3.8) is 0 Å². The smallest absolute Gasteiger partial charge is 0.273 e. The van der Waals surface area contributed by atoms with E-state index in [1.165, 1.54) is 19.3 Å². The van der Waals surface area contributed by atoms with Crippen LogP contribution in [0.4, 0.5) is 0 Å². The van der Waals surface area contributed by atoms with Crippen molar-refractivity contribution in [1.29, 1.82) is 0 Å². The molecule has 5 rings (SSSR count). The summed E-state index contributed by atoms with van der Waals surface area (Å²) in [6.07, 6.45) is 6.40. The number of halogens is 1. The Balaban J connectivity index is 1.17. The molecule has 0 unspecified atom stereocenters. The second-order valence-electron chi connectivity index (χ2n) is 9.75. The van der Waals surface area contributed by atoms with Crippen LogP contribution >= 0.6 is 11.6 Å². The highest BCUT2D eigenvalue weighted by atomic mass is 35.5. The van der Waals surface area contributed by atoms with Gasteiger partial charge in [-0.3, -0.25) is 19.2 Å². The Morgan fingerprint density at radius 3 is 2.59 bits per heavy atom. The molecule has 182 valence electrons. The standard InChI is InChI=1S/C25H32ClN5O3/c26-21-15-19(16-28-10-2-1-3-11-28)6-7-20(21)23(32)29-13-8-25(34,9-14-29)17-30-18-27-31-12-4-5-22(31)24(30)33/h4-7,12,15,27,34H,1-3,8-11,13-14,16-18H2. The van der Waals surface area contributed by atoms with E-state index in [4.69, 9.17) is 11.6 Å². The number of amides is 2. The van der Waals surface area contributed by atoms with Gasteiger partial charge in [-0.2, -0.15) is 0 Å². The van der Waals surface area contributed by atoms with Crippen molar-refractivity contribution in [3.05, 3.63) is 58.4 Å². The number of aliphatic hydroxyl groups is 1. The topological polar surface area (TPSA) is 81.1 Å². The summed E-state index contributed by atoms with van der Waals surface area (Å²) in [6, 6.07) is 9.31. The first-order valence-corrected chi connectivity index (χ1v) is 12.5. The molecule has 0 saturated carbocycles. The van der Waals surface area contributed by atoms with E-state index in [1.54, 1.807) is 26.7 Å². The summed E-state index contributed by atoms with van der Waals surface area (Å²) in [6.45, 7) is 4.50. The minimum absolute atomic E-state index is 0.105. The number of likely N-dealkylation sites (tertiary alicyclic amines) is 2. The van der Waals surface area contributed by atoms with Crippen LogP contribution in [0.2, 0.25) is 5.02 Å². The van der Waals surface area contributed by atoms with Gasteiger partial charge in [-0.15, -0.1) is 0 Å². The fraction of sp³-hybridized carbons (Fsp3) is 0.520. The predicted molar refractivity (Wildman–Crippen MR) is 130 cm³/mol. The molecule has 2 saturated heterocycles. The number of piperidine rings is 2. The highest BCUT2D eigenvalue weighted by Gasteiger charge is 2.38. The lowest BCUT2D eigenvalue weighted by molar-refractivity contribution is -0.0369. The van der Waals surface area contributed by atoms with Crippen molar-refractivity contribution < 1.29 is 14.7 Å². The van der Waals surface area contributed by atoms with Gasteiger partial charge in [-0.05, 0) is 68.6 Å². The number of fused-ring (bicyclic) bond motifs is 1. The molecule has 0 atom stereocenters. The molecule has 0 spiro atoms. The molecule has 34 heavy (non-hydrogen) atoms. The molecule has 3 aliphatic heterocycles.